The number of carbonyl (C=O) groups excluding carboxylic acids is 1. The largest absolute Gasteiger partial charge is 0.336 e. The number of rotatable bonds is 2. The number of pyridine rings is 1. The molecule has 3 nitrogen and oxygen atoms in total. The molecular formula is C14H19FN2O. The van der Waals surface area contributed by atoms with Gasteiger partial charge in [0.05, 0.1) is 5.56 Å². The summed E-state index contributed by atoms with van der Waals surface area (Å²) in [4.78, 5) is 17.9. The van der Waals surface area contributed by atoms with Gasteiger partial charge in [0.1, 0.15) is 0 Å². The Morgan fingerprint density at radius 2 is 2.28 bits per heavy atom. The van der Waals surface area contributed by atoms with Crippen LogP contribution < -0.4 is 0 Å². The van der Waals surface area contributed by atoms with Crippen LogP contribution in [0.15, 0.2) is 18.3 Å². The van der Waals surface area contributed by atoms with Gasteiger partial charge in [-0.2, -0.15) is 4.39 Å². The fraction of sp³-hybridized carbons (Fsp3) is 0.571. The van der Waals surface area contributed by atoms with Crippen molar-refractivity contribution >= 4 is 5.91 Å². The predicted molar refractivity (Wildman–Crippen MR) is 67.8 cm³/mol. The topological polar surface area (TPSA) is 33.2 Å². The molecule has 18 heavy (non-hydrogen) atoms. The van der Waals surface area contributed by atoms with Crippen LogP contribution >= 0.6 is 0 Å². The van der Waals surface area contributed by atoms with Crippen LogP contribution in [0.3, 0.4) is 0 Å². The molecule has 1 unspecified atom stereocenters. The standard InChI is InChI=1S/C14H19FN2O/c1-2-12-6-4-3-5-9-17(12)14(18)11-7-8-13(15)16-10-11/h7-8,10,12H,2-6,9H2,1H3. The van der Waals surface area contributed by atoms with Gasteiger partial charge in [0.25, 0.3) is 5.91 Å². The first kappa shape index (κ1) is 13.0. The van der Waals surface area contributed by atoms with Crippen molar-refractivity contribution in [1.29, 1.82) is 0 Å². The number of hydrogen-bond donors (Lipinski definition) is 0. The van der Waals surface area contributed by atoms with Crippen molar-refractivity contribution in [3.05, 3.63) is 29.8 Å². The number of likely N-dealkylation sites (tertiary alicyclic amines) is 1. The van der Waals surface area contributed by atoms with Gasteiger partial charge in [-0.15, -0.1) is 0 Å². The van der Waals surface area contributed by atoms with E-state index in [0.29, 0.717) is 11.6 Å². The molecule has 1 aromatic rings. The van der Waals surface area contributed by atoms with Gasteiger partial charge in [0, 0.05) is 18.8 Å². The first-order chi connectivity index (χ1) is 8.72. The number of aromatic nitrogens is 1. The molecule has 0 radical (unpaired) electrons. The Labute approximate surface area is 107 Å². The van der Waals surface area contributed by atoms with Crippen LogP contribution in [0.2, 0.25) is 0 Å². The van der Waals surface area contributed by atoms with Gasteiger partial charge in [-0.1, -0.05) is 19.8 Å². The maximum atomic E-state index is 12.8. The number of nitrogens with zero attached hydrogens (tertiary/aromatic N) is 2. The van der Waals surface area contributed by atoms with Gasteiger partial charge in [-0.25, -0.2) is 4.98 Å². The van der Waals surface area contributed by atoms with Crippen molar-refractivity contribution in [2.24, 2.45) is 0 Å². The molecule has 0 spiro atoms. The van der Waals surface area contributed by atoms with Crippen LogP contribution in [0.5, 0.6) is 0 Å². The molecule has 1 aromatic heterocycles. The highest BCUT2D eigenvalue weighted by atomic mass is 19.1. The van der Waals surface area contributed by atoms with Crippen molar-refractivity contribution in [2.75, 3.05) is 6.54 Å². The second kappa shape index (κ2) is 5.94. The Bertz CT molecular complexity index is 405. The van der Waals surface area contributed by atoms with Gasteiger partial charge in [0.15, 0.2) is 0 Å². The van der Waals surface area contributed by atoms with Crippen molar-refractivity contribution in [3.63, 3.8) is 0 Å². The molecule has 2 rings (SSSR count). The van der Waals surface area contributed by atoms with E-state index in [2.05, 4.69) is 11.9 Å². The molecule has 1 saturated heterocycles. The molecular weight excluding hydrogens is 231 g/mol. The van der Waals surface area contributed by atoms with Crippen molar-refractivity contribution < 1.29 is 9.18 Å². The highest BCUT2D eigenvalue weighted by Crippen LogP contribution is 2.21. The summed E-state index contributed by atoms with van der Waals surface area (Å²) in [7, 11) is 0. The lowest BCUT2D eigenvalue weighted by molar-refractivity contribution is 0.0677. The molecule has 2 heterocycles. The Kier molecular flexibility index (Phi) is 4.28. The Morgan fingerprint density at radius 3 is 2.94 bits per heavy atom. The number of hydrogen-bond acceptors (Lipinski definition) is 2. The number of carbonyl (C=O) groups is 1. The van der Waals surface area contributed by atoms with E-state index in [0.717, 1.165) is 25.8 Å². The average molecular weight is 250 g/mol. The summed E-state index contributed by atoms with van der Waals surface area (Å²) in [5.41, 5.74) is 0.483. The van der Waals surface area contributed by atoms with Crippen LogP contribution in [0.1, 0.15) is 49.4 Å². The molecule has 1 amide bonds. The van der Waals surface area contributed by atoms with E-state index in [1.54, 1.807) is 0 Å². The molecule has 0 N–H and O–H groups in total. The molecule has 1 aliphatic heterocycles. The van der Waals surface area contributed by atoms with E-state index in [1.807, 2.05) is 4.90 Å². The van der Waals surface area contributed by atoms with Gasteiger partial charge in [-0.3, -0.25) is 4.79 Å². The van der Waals surface area contributed by atoms with Crippen LogP contribution in [-0.4, -0.2) is 28.4 Å². The quantitative estimate of drug-likeness (QED) is 0.756. The van der Waals surface area contributed by atoms with Crippen molar-refractivity contribution in [1.82, 2.24) is 9.88 Å². The minimum atomic E-state index is -0.547. The monoisotopic (exact) mass is 250 g/mol. The second-order valence-corrected chi connectivity index (χ2v) is 4.78. The molecule has 1 aliphatic rings. The highest BCUT2D eigenvalue weighted by molar-refractivity contribution is 5.94. The van der Waals surface area contributed by atoms with Crippen LogP contribution in [0, 0.1) is 5.95 Å². The zero-order valence-electron chi connectivity index (χ0n) is 10.7. The van der Waals surface area contributed by atoms with Gasteiger partial charge in [0.2, 0.25) is 5.95 Å². The minimum absolute atomic E-state index is 0.0174. The first-order valence-electron chi connectivity index (χ1n) is 6.65. The lowest BCUT2D eigenvalue weighted by Gasteiger charge is -2.29. The van der Waals surface area contributed by atoms with E-state index in [1.165, 1.54) is 31.2 Å². The summed E-state index contributed by atoms with van der Waals surface area (Å²) < 4.78 is 12.8. The molecule has 98 valence electrons. The molecule has 0 saturated carbocycles. The summed E-state index contributed by atoms with van der Waals surface area (Å²) in [6, 6.07) is 3.07. The van der Waals surface area contributed by atoms with Crippen LogP contribution in [0.4, 0.5) is 4.39 Å². The third kappa shape index (κ3) is 2.86. The third-order valence-corrected chi connectivity index (χ3v) is 3.58. The molecule has 0 aromatic carbocycles. The van der Waals surface area contributed by atoms with Crippen molar-refractivity contribution in [2.45, 2.75) is 45.1 Å². The molecule has 1 fully saturated rings. The Hall–Kier alpha value is -1.45. The van der Waals surface area contributed by atoms with Gasteiger partial charge < -0.3 is 4.90 Å². The number of amides is 1. The Balaban J connectivity index is 2.17. The SMILES string of the molecule is CCC1CCCCCN1C(=O)c1ccc(F)nc1. The van der Waals surface area contributed by atoms with Crippen molar-refractivity contribution in [3.8, 4) is 0 Å². The maximum absolute atomic E-state index is 12.8. The van der Waals surface area contributed by atoms with E-state index in [4.69, 9.17) is 0 Å². The summed E-state index contributed by atoms with van der Waals surface area (Å²) in [5.74, 6) is -0.564. The Morgan fingerprint density at radius 1 is 1.44 bits per heavy atom. The zero-order chi connectivity index (χ0) is 13.0. The van der Waals surface area contributed by atoms with Crippen LogP contribution in [0.25, 0.3) is 0 Å². The summed E-state index contributed by atoms with van der Waals surface area (Å²) >= 11 is 0. The first-order valence-corrected chi connectivity index (χ1v) is 6.65. The fourth-order valence-electron chi connectivity index (χ4n) is 2.54. The predicted octanol–water partition coefficient (Wildman–Crippen LogP) is 3.02. The fourth-order valence-corrected chi connectivity index (χ4v) is 2.54. The second-order valence-electron chi connectivity index (χ2n) is 4.78. The average Bonchev–Trinajstić information content (AvgIpc) is 2.63. The number of halogens is 1. The maximum Gasteiger partial charge on any atom is 0.255 e. The smallest absolute Gasteiger partial charge is 0.255 e. The normalized spacial score (nSPS) is 20.6. The minimum Gasteiger partial charge on any atom is -0.336 e. The van der Waals surface area contributed by atoms with Gasteiger partial charge in [-0.05, 0) is 31.4 Å². The molecule has 4 heteroatoms. The molecule has 0 aliphatic carbocycles. The van der Waals surface area contributed by atoms with E-state index < -0.39 is 5.95 Å². The third-order valence-electron chi connectivity index (χ3n) is 3.58. The van der Waals surface area contributed by atoms with E-state index in [-0.39, 0.29) is 5.91 Å². The zero-order valence-corrected chi connectivity index (χ0v) is 10.7. The highest BCUT2D eigenvalue weighted by Gasteiger charge is 2.25. The molecule has 0 bridgehead atoms. The summed E-state index contributed by atoms with van der Waals surface area (Å²) in [6.45, 7) is 2.91. The summed E-state index contributed by atoms with van der Waals surface area (Å²) in [6.07, 6.45) is 6.79. The van der Waals surface area contributed by atoms with Crippen LogP contribution in [-0.2, 0) is 0 Å². The van der Waals surface area contributed by atoms with E-state index >= 15 is 0 Å². The summed E-state index contributed by atoms with van der Waals surface area (Å²) in [5, 5.41) is 0. The van der Waals surface area contributed by atoms with E-state index in [9.17, 15) is 9.18 Å². The lowest BCUT2D eigenvalue weighted by atomic mass is 10.1. The lowest BCUT2D eigenvalue weighted by Crippen LogP contribution is -2.39. The molecule has 1 atom stereocenters. The van der Waals surface area contributed by atoms with Gasteiger partial charge >= 0.3 is 0 Å².